The molecule has 1 saturated carbocycles. The summed E-state index contributed by atoms with van der Waals surface area (Å²) in [4.78, 5) is 4.80. The van der Waals surface area contributed by atoms with Gasteiger partial charge in [-0.15, -0.1) is 0 Å². The number of aromatic nitrogens is 1. The molecule has 0 atom stereocenters. The monoisotopic (exact) mass is 377 g/mol. The van der Waals surface area contributed by atoms with E-state index in [4.69, 9.17) is 4.98 Å². The van der Waals surface area contributed by atoms with Gasteiger partial charge in [0.25, 0.3) is 0 Å². The Morgan fingerprint density at radius 1 is 0.862 bits per heavy atom. The van der Waals surface area contributed by atoms with E-state index < -0.39 is 0 Å². The Hall–Kier alpha value is -2.22. The standard InChI is InChI=1S/C25H30B3N/c1-24(26,27)22-17-29-23(19-8-4-2-5-9-19)16-21(22)18-10-12-20(13-11-18)25(28)14-6-3-7-15-25/h2,4-5,8-13,16-17H,3,6-7,14-15,26-28H2,1H3. The highest BCUT2D eigenvalue weighted by molar-refractivity contribution is 6.40. The molecule has 0 N–H and O–H groups in total. The Morgan fingerprint density at radius 3 is 2.14 bits per heavy atom. The van der Waals surface area contributed by atoms with Crippen LogP contribution in [0.25, 0.3) is 22.4 Å². The van der Waals surface area contributed by atoms with Crippen molar-refractivity contribution >= 4 is 23.5 Å². The van der Waals surface area contributed by atoms with E-state index >= 15 is 0 Å². The molecule has 1 aliphatic carbocycles. The molecule has 0 radical (unpaired) electrons. The molecule has 29 heavy (non-hydrogen) atoms. The first-order valence-corrected chi connectivity index (χ1v) is 11.0. The molecule has 1 aromatic heterocycles. The lowest BCUT2D eigenvalue weighted by molar-refractivity contribution is 0.398. The van der Waals surface area contributed by atoms with Gasteiger partial charge in [-0.1, -0.05) is 98.8 Å². The molecule has 4 rings (SSSR count). The van der Waals surface area contributed by atoms with Gasteiger partial charge >= 0.3 is 0 Å². The lowest BCUT2D eigenvalue weighted by Crippen LogP contribution is -2.29. The fourth-order valence-electron chi connectivity index (χ4n) is 4.73. The van der Waals surface area contributed by atoms with Crippen LogP contribution in [0.3, 0.4) is 0 Å². The first kappa shape index (κ1) is 20.1. The van der Waals surface area contributed by atoms with Crippen molar-refractivity contribution in [2.75, 3.05) is 0 Å². The summed E-state index contributed by atoms with van der Waals surface area (Å²) in [5.41, 5.74) is 7.59. The first-order valence-electron chi connectivity index (χ1n) is 11.0. The largest absolute Gasteiger partial charge is 0.256 e. The van der Waals surface area contributed by atoms with Gasteiger partial charge in [0.1, 0.15) is 23.5 Å². The smallest absolute Gasteiger partial charge is 0.115 e. The molecule has 0 amide bonds. The molecular weight excluding hydrogens is 347 g/mol. The van der Waals surface area contributed by atoms with Gasteiger partial charge in [-0.3, -0.25) is 4.98 Å². The maximum absolute atomic E-state index is 4.80. The first-order chi connectivity index (χ1) is 13.9. The van der Waals surface area contributed by atoms with E-state index in [1.54, 1.807) is 0 Å². The second-order valence-electron chi connectivity index (χ2n) is 9.93. The summed E-state index contributed by atoms with van der Waals surface area (Å²) < 4.78 is 0. The highest BCUT2D eigenvalue weighted by atomic mass is 14.7. The van der Waals surface area contributed by atoms with E-state index in [1.165, 1.54) is 59.9 Å². The quantitative estimate of drug-likeness (QED) is 0.633. The van der Waals surface area contributed by atoms with Crippen LogP contribution in [-0.2, 0) is 10.5 Å². The van der Waals surface area contributed by atoms with Crippen LogP contribution >= 0.6 is 0 Å². The number of nitrogens with zero attached hydrogens (tertiary/aromatic N) is 1. The predicted molar refractivity (Wildman–Crippen MR) is 133 cm³/mol. The summed E-state index contributed by atoms with van der Waals surface area (Å²) in [5.74, 6) is 0. The van der Waals surface area contributed by atoms with Gasteiger partial charge in [-0.25, -0.2) is 0 Å². The van der Waals surface area contributed by atoms with Gasteiger partial charge in [0.2, 0.25) is 0 Å². The summed E-state index contributed by atoms with van der Waals surface area (Å²) in [6.45, 7) is 2.27. The van der Waals surface area contributed by atoms with Gasteiger partial charge in [0.05, 0.1) is 5.69 Å². The number of rotatable bonds is 4. The Labute approximate surface area is 178 Å². The summed E-state index contributed by atoms with van der Waals surface area (Å²) >= 11 is 0. The van der Waals surface area contributed by atoms with Crippen molar-refractivity contribution in [3.63, 3.8) is 0 Å². The highest BCUT2D eigenvalue weighted by Crippen LogP contribution is 2.38. The van der Waals surface area contributed by atoms with Gasteiger partial charge in [0, 0.05) is 11.8 Å². The Balaban J connectivity index is 1.76. The van der Waals surface area contributed by atoms with Crippen LogP contribution in [-0.4, -0.2) is 28.5 Å². The van der Waals surface area contributed by atoms with Crippen molar-refractivity contribution in [2.24, 2.45) is 0 Å². The van der Waals surface area contributed by atoms with Crippen LogP contribution in [0.15, 0.2) is 66.9 Å². The van der Waals surface area contributed by atoms with Crippen LogP contribution in [0.4, 0.5) is 0 Å². The molecule has 1 heterocycles. The predicted octanol–water partition coefficient (Wildman–Crippen LogP) is 3.65. The van der Waals surface area contributed by atoms with Crippen LogP contribution in [0.5, 0.6) is 0 Å². The molecular formula is C25H30B3N. The molecule has 3 aromatic rings. The topological polar surface area (TPSA) is 12.9 Å². The van der Waals surface area contributed by atoms with E-state index in [2.05, 4.69) is 97.3 Å². The van der Waals surface area contributed by atoms with E-state index in [-0.39, 0.29) is 5.21 Å². The van der Waals surface area contributed by atoms with E-state index in [9.17, 15) is 0 Å². The lowest BCUT2D eigenvalue weighted by atomic mass is 9.51. The molecule has 1 fully saturated rings. The molecule has 1 aliphatic rings. The zero-order valence-corrected chi connectivity index (χ0v) is 18.3. The second kappa shape index (κ2) is 7.90. The zero-order chi connectivity index (χ0) is 20.5. The average Bonchev–Trinajstić information content (AvgIpc) is 2.74. The Morgan fingerprint density at radius 2 is 1.52 bits per heavy atom. The number of hydrogen-bond acceptors (Lipinski definition) is 1. The number of hydrogen-bond donors (Lipinski definition) is 0. The van der Waals surface area contributed by atoms with Crippen LogP contribution in [0.2, 0.25) is 0 Å². The molecule has 1 nitrogen and oxygen atoms in total. The van der Waals surface area contributed by atoms with Crippen LogP contribution in [0, 0.1) is 0 Å². The average molecular weight is 377 g/mol. The van der Waals surface area contributed by atoms with Gasteiger partial charge in [-0.2, -0.15) is 0 Å². The third-order valence-electron chi connectivity index (χ3n) is 6.63. The number of benzene rings is 2. The van der Waals surface area contributed by atoms with E-state index in [0.717, 1.165) is 5.69 Å². The normalized spacial score (nSPS) is 16.4. The van der Waals surface area contributed by atoms with Gasteiger partial charge in [0.15, 0.2) is 0 Å². The minimum absolute atomic E-state index is 0.0472. The highest BCUT2D eigenvalue weighted by Gasteiger charge is 2.28. The van der Waals surface area contributed by atoms with Crippen LogP contribution < -0.4 is 0 Å². The summed E-state index contributed by atoms with van der Waals surface area (Å²) in [6.07, 6.45) is 8.81. The minimum atomic E-state index is 0.0472. The lowest BCUT2D eigenvalue weighted by Gasteiger charge is -2.34. The van der Waals surface area contributed by atoms with Crippen molar-refractivity contribution in [1.29, 1.82) is 0 Å². The minimum Gasteiger partial charge on any atom is -0.256 e. The Kier molecular flexibility index (Phi) is 5.47. The van der Waals surface area contributed by atoms with Gasteiger partial charge < -0.3 is 0 Å². The Bertz CT molecular complexity index is 969. The van der Waals surface area contributed by atoms with Crippen molar-refractivity contribution in [1.82, 2.24) is 4.98 Å². The molecule has 0 saturated heterocycles. The van der Waals surface area contributed by atoms with Crippen molar-refractivity contribution < 1.29 is 0 Å². The molecule has 0 spiro atoms. The fourth-order valence-corrected chi connectivity index (χ4v) is 4.73. The summed E-state index contributed by atoms with van der Waals surface area (Å²) in [7, 11) is 6.99. The zero-order valence-electron chi connectivity index (χ0n) is 18.3. The van der Waals surface area contributed by atoms with E-state index in [0.29, 0.717) is 5.31 Å². The van der Waals surface area contributed by atoms with Crippen molar-refractivity contribution in [3.05, 3.63) is 78.0 Å². The van der Waals surface area contributed by atoms with Crippen LogP contribution in [0.1, 0.15) is 50.2 Å². The van der Waals surface area contributed by atoms with Gasteiger partial charge in [-0.05, 0) is 33.6 Å². The van der Waals surface area contributed by atoms with E-state index in [1.807, 2.05) is 0 Å². The second-order valence-corrected chi connectivity index (χ2v) is 9.93. The van der Waals surface area contributed by atoms with Crippen molar-refractivity contribution in [2.45, 2.75) is 49.6 Å². The molecule has 0 bridgehead atoms. The molecule has 144 valence electrons. The fraction of sp³-hybridized carbons (Fsp3) is 0.320. The molecule has 0 aliphatic heterocycles. The third kappa shape index (κ3) is 4.22. The SMILES string of the molecule is BC(B)(C)c1cnc(-c2ccccc2)cc1-c1ccc(C2(B)CCCCC2)cc1. The molecule has 4 heteroatoms. The summed E-state index contributed by atoms with van der Waals surface area (Å²) in [6, 6.07) is 22.1. The maximum atomic E-state index is 4.80. The van der Waals surface area contributed by atoms with Crippen molar-refractivity contribution in [3.8, 4) is 22.4 Å². The molecule has 2 aromatic carbocycles. The summed E-state index contributed by atoms with van der Waals surface area (Å²) in [5, 5.41) is 0.392. The third-order valence-corrected chi connectivity index (χ3v) is 6.63. The number of pyridine rings is 1. The maximum Gasteiger partial charge on any atom is 0.115 e. The molecule has 0 unspecified atom stereocenters.